The molecule has 0 unspecified atom stereocenters. The van der Waals surface area contributed by atoms with Gasteiger partial charge >= 0.3 is 0 Å². The van der Waals surface area contributed by atoms with Crippen LogP contribution in [0.15, 0.2) is 36.7 Å². The van der Waals surface area contributed by atoms with Crippen molar-refractivity contribution in [2.75, 3.05) is 0 Å². The molecule has 2 N–H and O–H groups in total. The van der Waals surface area contributed by atoms with Gasteiger partial charge in [-0.3, -0.25) is 4.98 Å². The van der Waals surface area contributed by atoms with Crippen molar-refractivity contribution in [3.63, 3.8) is 0 Å². The Morgan fingerprint density at radius 1 is 1.27 bits per heavy atom. The normalized spacial score (nSPS) is 10.5. The Morgan fingerprint density at radius 3 is 2.93 bits per heavy atom. The lowest BCUT2D eigenvalue weighted by molar-refractivity contribution is 0.678. The highest BCUT2D eigenvalue weighted by atomic mass is 14.9. The van der Waals surface area contributed by atoms with Crippen LogP contribution in [0.3, 0.4) is 0 Å². The van der Waals surface area contributed by atoms with Crippen LogP contribution < -0.4 is 5.32 Å². The summed E-state index contributed by atoms with van der Waals surface area (Å²) in [6, 6.07) is 8.15. The average molecular weight is 201 g/mol. The lowest BCUT2D eigenvalue weighted by Crippen LogP contribution is -2.13. The summed E-state index contributed by atoms with van der Waals surface area (Å²) < 4.78 is 0. The first-order valence-corrected chi connectivity index (χ1v) is 5.09. The second kappa shape index (κ2) is 4.75. The number of aromatic nitrogens is 2. The van der Waals surface area contributed by atoms with Gasteiger partial charge in [0.1, 0.15) is 0 Å². The predicted octanol–water partition coefficient (Wildman–Crippen LogP) is 2.01. The van der Waals surface area contributed by atoms with Gasteiger partial charge in [0.15, 0.2) is 0 Å². The maximum atomic E-state index is 4.42. The van der Waals surface area contributed by atoms with Crippen LogP contribution >= 0.6 is 0 Å². The number of pyridine rings is 1. The zero-order chi connectivity index (χ0) is 10.5. The van der Waals surface area contributed by atoms with Crippen molar-refractivity contribution >= 4 is 0 Å². The fraction of sp³-hybridized carbons (Fsp3) is 0.250. The minimum absolute atomic E-state index is 0.812. The third-order valence-electron chi connectivity index (χ3n) is 2.24. The highest BCUT2D eigenvalue weighted by molar-refractivity contribution is 5.11. The Bertz CT molecular complexity index is 407. The number of nitrogens with one attached hydrogen (secondary N) is 2. The van der Waals surface area contributed by atoms with Gasteiger partial charge in [-0.05, 0) is 30.7 Å². The topological polar surface area (TPSA) is 40.7 Å². The van der Waals surface area contributed by atoms with E-state index in [1.54, 1.807) is 0 Å². The van der Waals surface area contributed by atoms with E-state index in [1.807, 2.05) is 37.5 Å². The maximum absolute atomic E-state index is 4.42. The molecule has 0 aliphatic heterocycles. The van der Waals surface area contributed by atoms with E-state index in [2.05, 4.69) is 21.4 Å². The monoisotopic (exact) mass is 201 g/mol. The second-order valence-electron chi connectivity index (χ2n) is 3.59. The maximum Gasteiger partial charge on any atom is 0.0544 e. The summed E-state index contributed by atoms with van der Waals surface area (Å²) in [4.78, 5) is 7.45. The third kappa shape index (κ3) is 2.92. The van der Waals surface area contributed by atoms with Crippen molar-refractivity contribution < 1.29 is 0 Å². The van der Waals surface area contributed by atoms with Gasteiger partial charge in [-0.1, -0.05) is 6.07 Å². The molecule has 0 aliphatic rings. The molecule has 0 radical (unpaired) electrons. The highest BCUT2D eigenvalue weighted by Gasteiger charge is 1.95. The van der Waals surface area contributed by atoms with Crippen LogP contribution in [0.1, 0.15) is 17.0 Å². The fourth-order valence-corrected chi connectivity index (χ4v) is 1.50. The van der Waals surface area contributed by atoms with Crippen LogP contribution in [0.4, 0.5) is 0 Å². The summed E-state index contributed by atoms with van der Waals surface area (Å²) in [6.07, 6.45) is 3.93. The first kappa shape index (κ1) is 9.93. The first-order valence-electron chi connectivity index (χ1n) is 5.09. The molecule has 2 aromatic heterocycles. The van der Waals surface area contributed by atoms with Crippen LogP contribution in [0.25, 0.3) is 0 Å². The molecule has 2 rings (SSSR count). The molecule has 0 aromatic carbocycles. The van der Waals surface area contributed by atoms with Crippen molar-refractivity contribution in [3.05, 3.63) is 53.6 Å². The quantitative estimate of drug-likeness (QED) is 0.794. The molecular weight excluding hydrogens is 186 g/mol. The van der Waals surface area contributed by atoms with E-state index >= 15 is 0 Å². The molecule has 3 nitrogen and oxygen atoms in total. The van der Waals surface area contributed by atoms with Gasteiger partial charge in [0.05, 0.1) is 5.69 Å². The Morgan fingerprint density at radius 2 is 2.20 bits per heavy atom. The van der Waals surface area contributed by atoms with Gasteiger partial charge in [0.25, 0.3) is 0 Å². The summed E-state index contributed by atoms with van der Waals surface area (Å²) in [7, 11) is 0. The van der Waals surface area contributed by atoms with E-state index in [9.17, 15) is 0 Å². The SMILES string of the molecule is Cc1cccc(CNCc2cc[nH]c2)n1. The standard InChI is InChI=1S/C12H15N3/c1-10-3-2-4-12(15-10)9-14-8-11-5-6-13-7-11/h2-7,13-14H,8-9H2,1H3. The molecule has 2 aromatic rings. The minimum atomic E-state index is 0.812. The zero-order valence-electron chi connectivity index (χ0n) is 8.83. The summed E-state index contributed by atoms with van der Waals surface area (Å²) >= 11 is 0. The van der Waals surface area contributed by atoms with E-state index in [0.29, 0.717) is 0 Å². The van der Waals surface area contributed by atoms with Crippen LogP contribution in [0, 0.1) is 6.92 Å². The van der Waals surface area contributed by atoms with Gasteiger partial charge in [-0.25, -0.2) is 0 Å². The Labute approximate surface area is 89.6 Å². The van der Waals surface area contributed by atoms with Crippen molar-refractivity contribution in [2.24, 2.45) is 0 Å². The number of H-pyrrole nitrogens is 1. The molecule has 78 valence electrons. The number of hydrogen-bond acceptors (Lipinski definition) is 2. The number of aryl methyl sites for hydroxylation is 1. The van der Waals surface area contributed by atoms with Crippen molar-refractivity contribution in [3.8, 4) is 0 Å². The smallest absolute Gasteiger partial charge is 0.0544 e. The summed E-state index contributed by atoms with van der Waals surface area (Å²) in [5.41, 5.74) is 3.42. The predicted molar refractivity (Wildman–Crippen MR) is 60.3 cm³/mol. The average Bonchev–Trinajstić information content (AvgIpc) is 2.71. The van der Waals surface area contributed by atoms with Crippen molar-refractivity contribution in [1.82, 2.24) is 15.3 Å². The lowest BCUT2D eigenvalue weighted by atomic mass is 10.3. The van der Waals surface area contributed by atoms with Gasteiger partial charge in [0, 0.05) is 31.2 Å². The molecule has 0 saturated carbocycles. The minimum Gasteiger partial charge on any atom is -0.367 e. The van der Waals surface area contributed by atoms with E-state index in [4.69, 9.17) is 0 Å². The Hall–Kier alpha value is -1.61. The van der Waals surface area contributed by atoms with E-state index in [0.717, 1.165) is 24.5 Å². The number of rotatable bonds is 4. The molecule has 0 spiro atoms. The lowest BCUT2D eigenvalue weighted by Gasteiger charge is -2.03. The summed E-state index contributed by atoms with van der Waals surface area (Å²) in [5.74, 6) is 0. The van der Waals surface area contributed by atoms with Crippen molar-refractivity contribution in [2.45, 2.75) is 20.0 Å². The van der Waals surface area contributed by atoms with Gasteiger partial charge in [0.2, 0.25) is 0 Å². The molecular formula is C12H15N3. The van der Waals surface area contributed by atoms with Crippen LogP contribution in [0.2, 0.25) is 0 Å². The van der Waals surface area contributed by atoms with Crippen LogP contribution in [-0.4, -0.2) is 9.97 Å². The molecule has 0 atom stereocenters. The molecule has 0 aliphatic carbocycles. The Balaban J connectivity index is 1.83. The number of hydrogen-bond donors (Lipinski definition) is 2. The van der Waals surface area contributed by atoms with E-state index in [-0.39, 0.29) is 0 Å². The van der Waals surface area contributed by atoms with E-state index in [1.165, 1.54) is 5.56 Å². The molecule has 0 bridgehead atoms. The van der Waals surface area contributed by atoms with Gasteiger partial charge in [-0.15, -0.1) is 0 Å². The second-order valence-corrected chi connectivity index (χ2v) is 3.59. The highest BCUT2D eigenvalue weighted by Crippen LogP contribution is 1.99. The zero-order valence-corrected chi connectivity index (χ0v) is 8.83. The van der Waals surface area contributed by atoms with Gasteiger partial charge < -0.3 is 10.3 Å². The number of nitrogens with zero attached hydrogens (tertiary/aromatic N) is 1. The molecule has 3 heteroatoms. The largest absolute Gasteiger partial charge is 0.367 e. The molecule has 0 amide bonds. The molecule has 0 fully saturated rings. The molecule has 0 saturated heterocycles. The number of aromatic amines is 1. The van der Waals surface area contributed by atoms with Crippen molar-refractivity contribution in [1.29, 1.82) is 0 Å². The fourth-order valence-electron chi connectivity index (χ4n) is 1.50. The summed E-state index contributed by atoms with van der Waals surface area (Å²) in [5, 5.41) is 3.35. The van der Waals surface area contributed by atoms with Gasteiger partial charge in [-0.2, -0.15) is 0 Å². The summed E-state index contributed by atoms with van der Waals surface area (Å²) in [6.45, 7) is 3.70. The van der Waals surface area contributed by atoms with Crippen LogP contribution in [-0.2, 0) is 13.1 Å². The molecule has 2 heterocycles. The third-order valence-corrected chi connectivity index (χ3v) is 2.24. The van der Waals surface area contributed by atoms with E-state index < -0.39 is 0 Å². The Kier molecular flexibility index (Phi) is 3.15. The first-order chi connectivity index (χ1) is 7.34. The molecule has 15 heavy (non-hydrogen) atoms. The van der Waals surface area contributed by atoms with Crippen LogP contribution in [0.5, 0.6) is 0 Å².